The molecule has 0 aliphatic heterocycles. The second-order valence-electron chi connectivity index (χ2n) is 17.5. The first kappa shape index (κ1) is 38.7. The second-order valence-corrected chi connectivity index (χ2v) is 17.5. The third-order valence-electron chi connectivity index (χ3n) is 14.0. The molecule has 1 atom stereocenters. The third kappa shape index (κ3) is 6.18. The number of hydrogen-bond acceptors (Lipinski definition) is 2. The minimum atomic E-state index is -0.637. The van der Waals surface area contributed by atoms with Gasteiger partial charge in [-0.3, -0.25) is 0 Å². The fourth-order valence-electron chi connectivity index (χ4n) is 11.0. The molecule has 1 aliphatic rings. The fourth-order valence-corrected chi connectivity index (χ4v) is 11.0. The largest absolute Gasteiger partial charge is 0.455 e. The van der Waals surface area contributed by atoms with E-state index in [0.29, 0.717) is 0 Å². The summed E-state index contributed by atoms with van der Waals surface area (Å²) in [6, 6.07) is 95.2. The van der Waals surface area contributed by atoms with Crippen molar-refractivity contribution in [1.29, 1.82) is 0 Å². The number of benzene rings is 11. The van der Waals surface area contributed by atoms with Crippen molar-refractivity contribution in [3.63, 3.8) is 0 Å². The number of hydrogen-bond donors (Lipinski definition) is 0. The Morgan fingerprint density at radius 1 is 0.328 bits per heavy atom. The van der Waals surface area contributed by atoms with Crippen LogP contribution in [0.3, 0.4) is 0 Å². The molecule has 1 unspecified atom stereocenters. The van der Waals surface area contributed by atoms with Crippen LogP contribution < -0.4 is 4.90 Å². The van der Waals surface area contributed by atoms with Crippen molar-refractivity contribution < 1.29 is 4.42 Å². The predicted molar refractivity (Wildman–Crippen MR) is 280 cm³/mol. The first-order valence-electron chi connectivity index (χ1n) is 23.1. The summed E-state index contributed by atoms with van der Waals surface area (Å²) in [6.07, 6.45) is 0. The average molecular weight is 854 g/mol. The van der Waals surface area contributed by atoms with Gasteiger partial charge in [0.2, 0.25) is 0 Å². The van der Waals surface area contributed by atoms with E-state index in [1.54, 1.807) is 0 Å². The van der Waals surface area contributed by atoms with Crippen molar-refractivity contribution >= 4 is 49.8 Å². The Balaban J connectivity index is 1.05. The summed E-state index contributed by atoms with van der Waals surface area (Å²) in [4.78, 5) is 2.45. The van der Waals surface area contributed by atoms with Crippen LogP contribution in [-0.2, 0) is 5.41 Å². The lowest BCUT2D eigenvalue weighted by Gasteiger charge is -2.35. The topological polar surface area (TPSA) is 16.4 Å². The summed E-state index contributed by atoms with van der Waals surface area (Å²) in [5, 5.41) is 4.63. The highest BCUT2D eigenvalue weighted by molar-refractivity contribution is 6.10. The molecule has 67 heavy (non-hydrogen) atoms. The fraction of sp³-hybridized carbons (Fsp3) is 0.0154. The average Bonchev–Trinajstić information content (AvgIpc) is 3.94. The molecule has 2 heteroatoms. The van der Waals surface area contributed by atoms with Gasteiger partial charge in [-0.05, 0) is 103 Å². The maximum absolute atomic E-state index is 6.52. The zero-order valence-corrected chi connectivity index (χ0v) is 36.7. The van der Waals surface area contributed by atoms with Crippen LogP contribution in [0.1, 0.15) is 22.3 Å². The van der Waals surface area contributed by atoms with E-state index in [4.69, 9.17) is 4.42 Å². The second kappa shape index (κ2) is 15.8. The highest BCUT2D eigenvalue weighted by atomic mass is 16.3. The predicted octanol–water partition coefficient (Wildman–Crippen LogP) is 17.6. The first-order valence-corrected chi connectivity index (χ1v) is 23.1. The molecule has 1 aromatic heterocycles. The number of para-hydroxylation sites is 2. The number of rotatable bonds is 8. The Morgan fingerprint density at radius 2 is 0.881 bits per heavy atom. The van der Waals surface area contributed by atoms with E-state index in [1.807, 2.05) is 12.1 Å². The zero-order chi connectivity index (χ0) is 44.3. The van der Waals surface area contributed by atoms with Gasteiger partial charge in [-0.2, -0.15) is 0 Å². The van der Waals surface area contributed by atoms with Crippen molar-refractivity contribution in [2.75, 3.05) is 4.90 Å². The molecule has 0 amide bonds. The van der Waals surface area contributed by atoms with Crippen LogP contribution in [0.4, 0.5) is 17.1 Å². The summed E-state index contributed by atoms with van der Waals surface area (Å²) >= 11 is 0. The monoisotopic (exact) mass is 853 g/mol. The molecule has 0 radical (unpaired) electrons. The Morgan fingerprint density at radius 3 is 1.67 bits per heavy atom. The molecule has 1 heterocycles. The Bertz CT molecular complexity index is 3770. The highest BCUT2D eigenvalue weighted by Gasteiger charge is 2.47. The van der Waals surface area contributed by atoms with E-state index in [1.165, 1.54) is 66.4 Å². The summed E-state index contributed by atoms with van der Waals surface area (Å²) in [5.41, 5.74) is 18.9. The molecule has 0 N–H and O–H groups in total. The van der Waals surface area contributed by atoms with E-state index in [2.05, 4.69) is 254 Å². The Labute approximate surface area is 390 Å². The smallest absolute Gasteiger partial charge is 0.143 e. The number of fused-ring (bicyclic) bond motifs is 7. The lowest BCUT2D eigenvalue weighted by Crippen LogP contribution is -2.28. The first-order chi connectivity index (χ1) is 33.2. The SMILES string of the molecule is c1ccc(-c2ccc(C3(c4ccccc4)c4cc(N(c5ccc(-c6cccc7c6oc6ccccc67)cc5)c5cccc6ccccc56)ccc4-c4c(-c5ccccc5)cccc43)cc2)cc1. The summed E-state index contributed by atoms with van der Waals surface area (Å²) in [5.74, 6) is 0. The Kier molecular flexibility index (Phi) is 9.11. The van der Waals surface area contributed by atoms with Crippen LogP contribution in [0.25, 0.3) is 77.2 Å². The van der Waals surface area contributed by atoms with Crippen LogP contribution in [0, 0.1) is 0 Å². The number of furan rings is 1. The van der Waals surface area contributed by atoms with Gasteiger partial charge < -0.3 is 9.32 Å². The molecule has 0 fully saturated rings. The van der Waals surface area contributed by atoms with Crippen molar-refractivity contribution in [3.05, 3.63) is 283 Å². The molecule has 0 bridgehead atoms. The van der Waals surface area contributed by atoms with Crippen LogP contribution in [0.15, 0.2) is 265 Å². The number of anilines is 3. The number of nitrogens with zero attached hydrogens (tertiary/aromatic N) is 1. The molecule has 0 saturated heterocycles. The van der Waals surface area contributed by atoms with Gasteiger partial charge in [0.15, 0.2) is 0 Å². The summed E-state index contributed by atoms with van der Waals surface area (Å²) < 4.78 is 6.52. The van der Waals surface area contributed by atoms with Gasteiger partial charge in [0.1, 0.15) is 11.2 Å². The molecule has 11 aromatic carbocycles. The zero-order valence-electron chi connectivity index (χ0n) is 36.7. The van der Waals surface area contributed by atoms with Crippen molar-refractivity contribution in [3.8, 4) is 44.5 Å². The summed E-state index contributed by atoms with van der Waals surface area (Å²) in [6.45, 7) is 0. The lowest BCUT2D eigenvalue weighted by molar-refractivity contribution is 0.670. The molecule has 12 aromatic rings. The molecule has 0 saturated carbocycles. The maximum atomic E-state index is 6.52. The van der Waals surface area contributed by atoms with Crippen LogP contribution >= 0.6 is 0 Å². The van der Waals surface area contributed by atoms with Gasteiger partial charge >= 0.3 is 0 Å². The molecule has 2 nitrogen and oxygen atoms in total. The molecule has 13 rings (SSSR count). The van der Waals surface area contributed by atoms with Crippen LogP contribution in [0.5, 0.6) is 0 Å². The highest BCUT2D eigenvalue weighted by Crippen LogP contribution is 2.59. The Hall–Kier alpha value is -8.72. The van der Waals surface area contributed by atoms with Gasteiger partial charge in [-0.25, -0.2) is 0 Å². The molecule has 1 aliphatic carbocycles. The molecule has 0 spiro atoms. The van der Waals surface area contributed by atoms with Gasteiger partial charge in [0.05, 0.1) is 11.1 Å². The minimum Gasteiger partial charge on any atom is -0.455 e. The minimum absolute atomic E-state index is 0.637. The van der Waals surface area contributed by atoms with Crippen molar-refractivity contribution in [1.82, 2.24) is 0 Å². The van der Waals surface area contributed by atoms with Gasteiger partial charge in [-0.1, -0.05) is 224 Å². The normalized spacial score (nSPS) is 14.0. The van der Waals surface area contributed by atoms with E-state index >= 15 is 0 Å². The summed E-state index contributed by atoms with van der Waals surface area (Å²) in [7, 11) is 0. The van der Waals surface area contributed by atoms with Gasteiger partial charge in [-0.15, -0.1) is 0 Å². The van der Waals surface area contributed by atoms with Crippen molar-refractivity contribution in [2.24, 2.45) is 0 Å². The molecular formula is C65H43NO. The maximum Gasteiger partial charge on any atom is 0.143 e. The van der Waals surface area contributed by atoms with Crippen molar-refractivity contribution in [2.45, 2.75) is 5.41 Å². The van der Waals surface area contributed by atoms with E-state index in [0.717, 1.165) is 50.1 Å². The standard InChI is InChI=1S/C65H43NO/c1-4-17-44(18-5-1)45-33-37-50(38-34-45)65(49-23-8-3-9-24-49)59-30-16-27-54(47-19-6-2-7-20-47)63(59)58-42-41-52(43-60(58)65)66(61-31-14-22-46-21-10-11-25-53(46)61)51-39-35-48(36-40-51)55-28-15-29-57-56-26-12-13-32-62(56)67-64(55)57/h1-43H. The third-order valence-corrected chi connectivity index (χ3v) is 14.0. The molecular weight excluding hydrogens is 811 g/mol. The molecule has 314 valence electrons. The van der Waals surface area contributed by atoms with Gasteiger partial charge in [0, 0.05) is 33.1 Å². The van der Waals surface area contributed by atoms with E-state index < -0.39 is 5.41 Å². The van der Waals surface area contributed by atoms with Gasteiger partial charge in [0.25, 0.3) is 0 Å². The lowest BCUT2D eigenvalue weighted by atomic mass is 9.67. The van der Waals surface area contributed by atoms with E-state index in [9.17, 15) is 0 Å². The van der Waals surface area contributed by atoms with E-state index in [-0.39, 0.29) is 0 Å². The quantitative estimate of drug-likeness (QED) is 0.151. The van der Waals surface area contributed by atoms with Crippen LogP contribution in [0.2, 0.25) is 0 Å². The van der Waals surface area contributed by atoms with Crippen LogP contribution in [-0.4, -0.2) is 0 Å².